The summed E-state index contributed by atoms with van der Waals surface area (Å²) in [6, 6.07) is 0.494. The maximum Gasteiger partial charge on any atom is 0.317 e. The minimum Gasteiger partial charge on any atom is -0.382 e. The van der Waals surface area contributed by atoms with Gasteiger partial charge in [0.1, 0.15) is 0 Å². The number of carbonyl (C=O) groups excluding carboxylic acids is 1. The summed E-state index contributed by atoms with van der Waals surface area (Å²) >= 11 is 1.96. The Labute approximate surface area is 133 Å². The van der Waals surface area contributed by atoms with E-state index in [4.69, 9.17) is 4.74 Å². The van der Waals surface area contributed by atoms with E-state index in [0.29, 0.717) is 11.5 Å². The van der Waals surface area contributed by atoms with E-state index >= 15 is 0 Å². The van der Waals surface area contributed by atoms with Crippen LogP contribution in [0.25, 0.3) is 0 Å². The van der Waals surface area contributed by atoms with Crippen LogP contribution in [0, 0.1) is 5.41 Å². The molecule has 1 atom stereocenters. The second-order valence-electron chi connectivity index (χ2n) is 6.40. The highest BCUT2D eigenvalue weighted by molar-refractivity contribution is 7.99. The molecule has 0 aromatic heterocycles. The molecule has 2 aliphatic rings. The van der Waals surface area contributed by atoms with E-state index < -0.39 is 0 Å². The van der Waals surface area contributed by atoms with Crippen molar-refractivity contribution in [2.45, 2.75) is 52.0 Å². The molecular weight excluding hydrogens is 284 g/mol. The third-order valence-corrected chi connectivity index (χ3v) is 5.95. The Morgan fingerprint density at radius 2 is 2.24 bits per heavy atom. The van der Waals surface area contributed by atoms with E-state index in [2.05, 4.69) is 12.2 Å². The summed E-state index contributed by atoms with van der Waals surface area (Å²) in [6.45, 7) is 7.50. The van der Waals surface area contributed by atoms with Crippen LogP contribution < -0.4 is 5.32 Å². The van der Waals surface area contributed by atoms with E-state index in [1.165, 1.54) is 25.0 Å². The van der Waals surface area contributed by atoms with Crippen molar-refractivity contribution in [3.8, 4) is 0 Å². The van der Waals surface area contributed by atoms with Crippen molar-refractivity contribution in [3.63, 3.8) is 0 Å². The van der Waals surface area contributed by atoms with Crippen LogP contribution in [-0.4, -0.2) is 54.8 Å². The number of carbonyl (C=O) groups is 1. The summed E-state index contributed by atoms with van der Waals surface area (Å²) in [6.07, 6.45) is 5.93. The number of nitrogens with zero attached hydrogens (tertiary/aromatic N) is 1. The highest BCUT2D eigenvalue weighted by atomic mass is 32.2. The lowest BCUT2D eigenvalue weighted by molar-refractivity contribution is 0.0541. The number of urea groups is 1. The first kappa shape index (κ1) is 16.9. The fraction of sp³-hybridized carbons (Fsp3) is 0.938. The molecule has 5 heteroatoms. The van der Waals surface area contributed by atoms with E-state index in [-0.39, 0.29) is 6.03 Å². The molecule has 4 nitrogen and oxygen atoms in total. The molecule has 1 saturated heterocycles. The molecule has 0 spiro atoms. The maximum absolute atomic E-state index is 12.5. The van der Waals surface area contributed by atoms with E-state index in [1.54, 1.807) is 0 Å². The van der Waals surface area contributed by atoms with Crippen molar-refractivity contribution in [1.82, 2.24) is 10.2 Å². The lowest BCUT2D eigenvalue weighted by Crippen LogP contribution is -2.50. The Bertz CT molecular complexity index is 334. The Morgan fingerprint density at radius 1 is 1.43 bits per heavy atom. The first-order valence-electron chi connectivity index (χ1n) is 8.37. The molecule has 0 aromatic carbocycles. The lowest BCUT2D eigenvalue weighted by atomic mass is 9.67. The molecule has 0 radical (unpaired) electrons. The molecule has 0 aromatic rings. The van der Waals surface area contributed by atoms with Gasteiger partial charge in [-0.25, -0.2) is 4.79 Å². The topological polar surface area (TPSA) is 41.6 Å². The Hall–Kier alpha value is -0.420. The monoisotopic (exact) mass is 314 g/mol. The van der Waals surface area contributed by atoms with Crippen molar-refractivity contribution in [3.05, 3.63) is 0 Å². The summed E-state index contributed by atoms with van der Waals surface area (Å²) in [5.74, 6) is 2.23. The molecule has 0 unspecified atom stereocenters. The molecule has 1 aliphatic carbocycles. The molecule has 0 bridgehead atoms. The van der Waals surface area contributed by atoms with Crippen molar-refractivity contribution in [1.29, 1.82) is 0 Å². The highest BCUT2D eigenvalue weighted by Gasteiger charge is 2.37. The molecule has 2 amide bonds. The maximum atomic E-state index is 12.5. The Morgan fingerprint density at radius 3 is 2.90 bits per heavy atom. The van der Waals surface area contributed by atoms with Gasteiger partial charge >= 0.3 is 6.03 Å². The van der Waals surface area contributed by atoms with Gasteiger partial charge in [-0.15, -0.1) is 0 Å². The minimum absolute atomic E-state index is 0.132. The zero-order chi connectivity index (χ0) is 15.1. The summed E-state index contributed by atoms with van der Waals surface area (Å²) < 4.78 is 5.50. The fourth-order valence-electron chi connectivity index (χ4n) is 3.19. The van der Waals surface area contributed by atoms with Gasteiger partial charge in [-0.2, -0.15) is 11.8 Å². The van der Waals surface area contributed by atoms with Crippen molar-refractivity contribution >= 4 is 17.8 Å². The van der Waals surface area contributed by atoms with Gasteiger partial charge in [0, 0.05) is 38.1 Å². The van der Waals surface area contributed by atoms with Gasteiger partial charge in [0.2, 0.25) is 0 Å². The predicted octanol–water partition coefficient (Wildman–Crippen LogP) is 3.12. The molecule has 1 aliphatic heterocycles. The minimum atomic E-state index is 0.132. The number of hydrogen-bond donors (Lipinski definition) is 1. The number of hydrogen-bond acceptors (Lipinski definition) is 3. The average molecular weight is 314 g/mol. The smallest absolute Gasteiger partial charge is 0.317 e. The SMILES string of the molecule is CCOCCC1(CNC(=O)N2CCSCC[C@@H]2C)CCC1. The van der Waals surface area contributed by atoms with Crippen LogP contribution >= 0.6 is 11.8 Å². The Kier molecular flexibility index (Phi) is 6.68. The van der Waals surface area contributed by atoms with E-state index in [1.807, 2.05) is 23.6 Å². The molecule has 2 fully saturated rings. The number of amides is 2. The third-order valence-electron chi connectivity index (χ3n) is 4.96. The van der Waals surface area contributed by atoms with Crippen LogP contribution in [0.4, 0.5) is 4.79 Å². The highest BCUT2D eigenvalue weighted by Crippen LogP contribution is 2.43. The zero-order valence-electron chi connectivity index (χ0n) is 13.5. The van der Waals surface area contributed by atoms with Crippen LogP contribution in [0.1, 0.15) is 46.0 Å². The van der Waals surface area contributed by atoms with Gasteiger partial charge in [-0.3, -0.25) is 0 Å². The summed E-state index contributed by atoms with van der Waals surface area (Å²) in [4.78, 5) is 14.5. The van der Waals surface area contributed by atoms with Gasteiger partial charge in [-0.1, -0.05) is 6.42 Å². The molecule has 1 heterocycles. The molecule has 122 valence electrons. The van der Waals surface area contributed by atoms with Crippen molar-refractivity contribution < 1.29 is 9.53 Å². The van der Waals surface area contributed by atoms with Crippen LogP contribution in [0.3, 0.4) is 0 Å². The first-order valence-corrected chi connectivity index (χ1v) is 9.52. The van der Waals surface area contributed by atoms with E-state index in [0.717, 1.165) is 44.9 Å². The molecular formula is C16H30N2O2S. The fourth-order valence-corrected chi connectivity index (χ4v) is 4.22. The zero-order valence-corrected chi connectivity index (χ0v) is 14.3. The average Bonchev–Trinajstić information content (AvgIpc) is 2.65. The molecule has 2 rings (SSSR count). The summed E-state index contributed by atoms with van der Waals surface area (Å²) in [5.41, 5.74) is 0.300. The van der Waals surface area contributed by atoms with Crippen LogP contribution in [-0.2, 0) is 4.74 Å². The van der Waals surface area contributed by atoms with Gasteiger partial charge in [-0.05, 0) is 50.7 Å². The van der Waals surface area contributed by atoms with Crippen LogP contribution in [0.15, 0.2) is 0 Å². The number of ether oxygens (including phenoxy) is 1. The summed E-state index contributed by atoms with van der Waals surface area (Å²) in [5, 5.41) is 3.20. The quantitative estimate of drug-likeness (QED) is 0.766. The second kappa shape index (κ2) is 8.28. The largest absolute Gasteiger partial charge is 0.382 e. The van der Waals surface area contributed by atoms with Gasteiger partial charge in [0.25, 0.3) is 0 Å². The molecule has 1 N–H and O–H groups in total. The van der Waals surface area contributed by atoms with Crippen molar-refractivity contribution in [2.75, 3.05) is 37.8 Å². The normalized spacial score (nSPS) is 25.0. The number of thioether (sulfide) groups is 1. The van der Waals surface area contributed by atoms with Gasteiger partial charge < -0.3 is 15.0 Å². The Balaban J connectivity index is 1.78. The second-order valence-corrected chi connectivity index (χ2v) is 7.63. The molecule has 21 heavy (non-hydrogen) atoms. The van der Waals surface area contributed by atoms with Crippen molar-refractivity contribution in [2.24, 2.45) is 5.41 Å². The third kappa shape index (κ3) is 4.78. The summed E-state index contributed by atoms with van der Waals surface area (Å²) in [7, 11) is 0. The predicted molar refractivity (Wildman–Crippen MR) is 88.9 cm³/mol. The van der Waals surface area contributed by atoms with Gasteiger partial charge in [0.15, 0.2) is 0 Å². The first-order chi connectivity index (χ1) is 10.2. The lowest BCUT2D eigenvalue weighted by Gasteiger charge is -2.42. The van der Waals surface area contributed by atoms with Crippen LogP contribution in [0.5, 0.6) is 0 Å². The van der Waals surface area contributed by atoms with Crippen LogP contribution in [0.2, 0.25) is 0 Å². The van der Waals surface area contributed by atoms with Gasteiger partial charge in [0.05, 0.1) is 0 Å². The molecule has 1 saturated carbocycles. The standard InChI is InChI=1S/C16H30N2O2S/c1-3-20-10-8-16(6-4-7-16)13-17-15(19)18-9-12-21-11-5-14(18)2/h14H,3-13H2,1-2H3,(H,17,19)/t14-/m0/s1. The number of nitrogens with one attached hydrogen (secondary N) is 1. The number of rotatable bonds is 6. The van der Waals surface area contributed by atoms with E-state index in [9.17, 15) is 4.79 Å².